The van der Waals surface area contributed by atoms with Crippen LogP contribution < -0.4 is 0 Å². The van der Waals surface area contributed by atoms with Crippen molar-refractivity contribution < 1.29 is 4.79 Å². The first-order chi connectivity index (χ1) is 9.63. The zero-order valence-electron chi connectivity index (χ0n) is 11.5. The highest BCUT2D eigenvalue weighted by Gasteiger charge is 2.19. The van der Waals surface area contributed by atoms with Crippen LogP contribution in [0.25, 0.3) is 0 Å². The lowest BCUT2D eigenvalue weighted by atomic mass is 10.3. The number of aromatic nitrogens is 3. The van der Waals surface area contributed by atoms with Gasteiger partial charge in [0.1, 0.15) is 5.82 Å². The Hall–Kier alpha value is -1.40. The van der Waals surface area contributed by atoms with Gasteiger partial charge in [0, 0.05) is 17.8 Å². The number of hydrogen-bond donors (Lipinski definition) is 1. The van der Waals surface area contributed by atoms with E-state index in [4.69, 9.17) is 11.6 Å². The number of nitrogens with zero attached hydrogens (tertiary/aromatic N) is 3. The van der Waals surface area contributed by atoms with E-state index in [1.54, 1.807) is 4.90 Å². The van der Waals surface area contributed by atoms with Crippen molar-refractivity contribution in [1.29, 1.82) is 0 Å². The van der Waals surface area contributed by atoms with Crippen molar-refractivity contribution in [2.75, 3.05) is 6.54 Å². The summed E-state index contributed by atoms with van der Waals surface area (Å²) in [6, 6.07) is 3.77. The number of halogens is 1. The fourth-order valence-electron chi connectivity index (χ4n) is 1.83. The summed E-state index contributed by atoms with van der Waals surface area (Å²) in [4.78, 5) is 19.4. The third-order valence-corrected chi connectivity index (χ3v) is 4.07. The number of aromatic amines is 1. The maximum absolute atomic E-state index is 12.4. The van der Waals surface area contributed by atoms with Crippen LogP contribution in [-0.2, 0) is 13.0 Å². The summed E-state index contributed by atoms with van der Waals surface area (Å²) in [7, 11) is 0. The Bertz CT molecular complexity index is 580. The van der Waals surface area contributed by atoms with Crippen molar-refractivity contribution in [3.8, 4) is 0 Å². The molecule has 0 atom stereocenters. The Morgan fingerprint density at radius 3 is 2.85 bits per heavy atom. The predicted octanol–water partition coefficient (Wildman–Crippen LogP) is 3.13. The molecule has 0 aliphatic heterocycles. The van der Waals surface area contributed by atoms with Gasteiger partial charge < -0.3 is 4.90 Å². The fourth-order valence-corrected chi connectivity index (χ4v) is 2.94. The molecule has 2 aromatic heterocycles. The second-order valence-corrected chi connectivity index (χ2v) is 6.18. The quantitative estimate of drug-likeness (QED) is 0.891. The smallest absolute Gasteiger partial charge is 0.293 e. The largest absolute Gasteiger partial charge is 0.331 e. The van der Waals surface area contributed by atoms with Gasteiger partial charge in [-0.3, -0.25) is 9.89 Å². The van der Waals surface area contributed by atoms with Gasteiger partial charge in [0.15, 0.2) is 0 Å². The van der Waals surface area contributed by atoms with Gasteiger partial charge in [-0.2, -0.15) is 0 Å². The molecule has 0 bridgehead atoms. The molecule has 0 fully saturated rings. The number of amides is 1. The van der Waals surface area contributed by atoms with E-state index in [0.29, 0.717) is 13.1 Å². The fraction of sp³-hybridized carbons (Fsp3) is 0.462. The van der Waals surface area contributed by atoms with E-state index in [2.05, 4.69) is 22.1 Å². The Kier molecular flexibility index (Phi) is 5.14. The van der Waals surface area contributed by atoms with Crippen LogP contribution in [0.5, 0.6) is 0 Å². The van der Waals surface area contributed by atoms with Gasteiger partial charge in [0.25, 0.3) is 5.91 Å². The number of H-pyrrole nitrogens is 1. The number of carbonyl (C=O) groups excluding carboxylic acids is 1. The molecular formula is C13H17ClN4OS. The molecule has 5 nitrogen and oxygen atoms in total. The van der Waals surface area contributed by atoms with Crippen LogP contribution in [0.15, 0.2) is 12.1 Å². The maximum Gasteiger partial charge on any atom is 0.293 e. The maximum atomic E-state index is 12.4. The summed E-state index contributed by atoms with van der Waals surface area (Å²) in [6.45, 7) is 5.13. The molecule has 0 spiro atoms. The van der Waals surface area contributed by atoms with Crippen molar-refractivity contribution in [1.82, 2.24) is 20.1 Å². The third kappa shape index (κ3) is 3.58. The topological polar surface area (TPSA) is 61.9 Å². The molecule has 2 rings (SSSR count). The average molecular weight is 313 g/mol. The number of carbonyl (C=O) groups is 1. The minimum atomic E-state index is -0.157. The first-order valence-corrected chi connectivity index (χ1v) is 7.78. The first-order valence-electron chi connectivity index (χ1n) is 6.58. The molecule has 1 amide bonds. The molecule has 2 heterocycles. The lowest BCUT2D eigenvalue weighted by Crippen LogP contribution is -2.30. The predicted molar refractivity (Wildman–Crippen MR) is 80.1 cm³/mol. The van der Waals surface area contributed by atoms with Crippen LogP contribution in [0.2, 0.25) is 4.34 Å². The molecule has 0 aliphatic rings. The van der Waals surface area contributed by atoms with Crippen LogP contribution >= 0.6 is 22.9 Å². The van der Waals surface area contributed by atoms with Gasteiger partial charge in [-0.05, 0) is 25.5 Å². The molecule has 0 aliphatic carbocycles. The summed E-state index contributed by atoms with van der Waals surface area (Å²) in [5, 5.41) is 6.81. The van der Waals surface area contributed by atoms with Gasteiger partial charge >= 0.3 is 0 Å². The molecule has 2 aromatic rings. The third-order valence-electron chi connectivity index (χ3n) is 2.85. The summed E-state index contributed by atoms with van der Waals surface area (Å²) in [5.41, 5.74) is 0. The van der Waals surface area contributed by atoms with E-state index in [9.17, 15) is 4.79 Å². The molecule has 0 saturated heterocycles. The summed E-state index contributed by atoms with van der Waals surface area (Å²) >= 11 is 7.39. The SMILES string of the molecule is CCCc1nc(C(=O)N(CC)Cc2ccc(Cl)s2)n[nH]1. The van der Waals surface area contributed by atoms with E-state index in [0.717, 1.165) is 27.9 Å². The van der Waals surface area contributed by atoms with Crippen LogP contribution in [0.1, 0.15) is 41.6 Å². The molecular weight excluding hydrogens is 296 g/mol. The van der Waals surface area contributed by atoms with E-state index in [-0.39, 0.29) is 11.7 Å². The minimum absolute atomic E-state index is 0.157. The molecule has 0 aromatic carbocycles. The molecule has 0 radical (unpaired) electrons. The van der Waals surface area contributed by atoms with E-state index in [1.165, 1.54) is 11.3 Å². The van der Waals surface area contributed by atoms with Crippen LogP contribution in [0, 0.1) is 0 Å². The molecule has 108 valence electrons. The molecule has 0 unspecified atom stereocenters. The number of thiophene rings is 1. The summed E-state index contributed by atoms with van der Waals surface area (Å²) < 4.78 is 0.728. The van der Waals surface area contributed by atoms with Gasteiger partial charge in [0.2, 0.25) is 5.82 Å². The zero-order valence-corrected chi connectivity index (χ0v) is 13.1. The number of hydrogen-bond acceptors (Lipinski definition) is 4. The Labute approximate surface area is 127 Å². The lowest BCUT2D eigenvalue weighted by Gasteiger charge is -2.18. The molecule has 0 saturated carbocycles. The highest BCUT2D eigenvalue weighted by Crippen LogP contribution is 2.23. The number of rotatable bonds is 6. The normalized spacial score (nSPS) is 10.8. The van der Waals surface area contributed by atoms with Crippen LogP contribution in [0.4, 0.5) is 0 Å². The van der Waals surface area contributed by atoms with Crippen molar-refractivity contribution in [3.05, 3.63) is 33.0 Å². The monoisotopic (exact) mass is 312 g/mol. The zero-order chi connectivity index (χ0) is 14.5. The van der Waals surface area contributed by atoms with Gasteiger partial charge in [-0.1, -0.05) is 18.5 Å². The van der Waals surface area contributed by atoms with Gasteiger partial charge in [-0.25, -0.2) is 4.98 Å². The second kappa shape index (κ2) is 6.85. The first kappa shape index (κ1) is 15.0. The summed E-state index contributed by atoms with van der Waals surface area (Å²) in [5.74, 6) is 0.833. The van der Waals surface area contributed by atoms with Crippen molar-refractivity contribution >= 4 is 28.8 Å². The highest BCUT2D eigenvalue weighted by molar-refractivity contribution is 7.16. The van der Waals surface area contributed by atoms with E-state index in [1.807, 2.05) is 19.1 Å². The minimum Gasteiger partial charge on any atom is -0.331 e. The molecule has 20 heavy (non-hydrogen) atoms. The number of nitrogens with one attached hydrogen (secondary N) is 1. The Balaban J connectivity index is 2.07. The standard InChI is InChI=1S/C13H17ClN4OS/c1-3-5-11-15-12(17-16-11)13(19)18(4-2)8-9-6-7-10(14)20-9/h6-7H,3-5,8H2,1-2H3,(H,15,16,17). The van der Waals surface area contributed by atoms with E-state index >= 15 is 0 Å². The molecule has 7 heteroatoms. The Morgan fingerprint density at radius 1 is 1.45 bits per heavy atom. The van der Waals surface area contributed by atoms with Crippen molar-refractivity contribution in [2.24, 2.45) is 0 Å². The second-order valence-electron chi connectivity index (χ2n) is 4.38. The average Bonchev–Trinajstić information content (AvgIpc) is 3.05. The number of aryl methyl sites for hydroxylation is 1. The highest BCUT2D eigenvalue weighted by atomic mass is 35.5. The lowest BCUT2D eigenvalue weighted by molar-refractivity contribution is 0.0742. The Morgan fingerprint density at radius 2 is 2.25 bits per heavy atom. The van der Waals surface area contributed by atoms with Gasteiger partial charge in [-0.15, -0.1) is 16.4 Å². The van der Waals surface area contributed by atoms with E-state index < -0.39 is 0 Å². The van der Waals surface area contributed by atoms with Gasteiger partial charge in [0.05, 0.1) is 10.9 Å². The van der Waals surface area contributed by atoms with Crippen molar-refractivity contribution in [3.63, 3.8) is 0 Å². The van der Waals surface area contributed by atoms with Crippen molar-refractivity contribution in [2.45, 2.75) is 33.2 Å². The summed E-state index contributed by atoms with van der Waals surface area (Å²) in [6.07, 6.45) is 1.76. The van der Waals surface area contributed by atoms with Crippen LogP contribution in [-0.4, -0.2) is 32.5 Å². The van der Waals surface area contributed by atoms with Crippen LogP contribution in [0.3, 0.4) is 0 Å². The molecule has 1 N–H and O–H groups in total.